The summed E-state index contributed by atoms with van der Waals surface area (Å²) >= 11 is 0. The Morgan fingerprint density at radius 2 is 1.42 bits per heavy atom. The van der Waals surface area contributed by atoms with Gasteiger partial charge in [-0.2, -0.15) is 26.3 Å². The lowest BCUT2D eigenvalue weighted by Crippen LogP contribution is -2.75. The smallest absolute Gasteiger partial charge is 0.286 e. The van der Waals surface area contributed by atoms with Crippen molar-refractivity contribution in [2.75, 3.05) is 0 Å². The molecule has 1 fully saturated rings. The van der Waals surface area contributed by atoms with Gasteiger partial charge in [0.1, 0.15) is 0 Å². The maximum absolute atomic E-state index is 11.6. The molecule has 1 saturated carbocycles. The van der Waals surface area contributed by atoms with Gasteiger partial charge < -0.3 is 0 Å². The van der Waals surface area contributed by atoms with E-state index in [-0.39, 0.29) is 0 Å². The summed E-state index contributed by atoms with van der Waals surface area (Å²) in [6.45, 7) is 4.39. The van der Waals surface area contributed by atoms with Crippen molar-refractivity contribution in [2.24, 2.45) is 0 Å². The lowest BCUT2D eigenvalue weighted by molar-refractivity contribution is -0.341. The molecule has 0 bridgehead atoms. The van der Waals surface area contributed by atoms with Gasteiger partial charge in [0.2, 0.25) is 0 Å². The second-order valence-electron chi connectivity index (χ2n) is 4.07. The summed E-state index contributed by atoms with van der Waals surface area (Å²) in [6, 6.07) is 0. The van der Waals surface area contributed by atoms with Crippen molar-refractivity contribution in [1.29, 1.82) is 0 Å². The summed E-state index contributed by atoms with van der Waals surface area (Å²) in [5.41, 5.74) is 0. The first-order chi connectivity index (χ1) is 8.57. The average Bonchev–Trinajstić information content (AvgIpc) is 2.33. The Hall–Kier alpha value is -1.01. The SMILES string of the molecule is CCC=CCCCC.O=C1C(F)(F)C(F)(F)C1(F)F. The minimum atomic E-state index is -5.53. The molecule has 0 aromatic rings. The second kappa shape index (κ2) is 6.43. The van der Waals surface area contributed by atoms with E-state index in [9.17, 15) is 31.1 Å². The van der Waals surface area contributed by atoms with Crippen molar-refractivity contribution in [3.63, 3.8) is 0 Å². The van der Waals surface area contributed by atoms with Crippen LogP contribution < -0.4 is 0 Å². The zero-order chi connectivity index (χ0) is 15.3. The molecule has 0 atom stereocenters. The summed E-state index contributed by atoms with van der Waals surface area (Å²) in [5.74, 6) is -19.0. The molecule has 1 aliphatic rings. The third-order valence-electron chi connectivity index (χ3n) is 2.49. The predicted octanol–water partition coefficient (Wildman–Crippen LogP) is 4.62. The Bertz CT molecular complexity index is 315. The van der Waals surface area contributed by atoms with Gasteiger partial charge in [-0.05, 0) is 12.8 Å². The third-order valence-corrected chi connectivity index (χ3v) is 2.49. The molecule has 1 aliphatic carbocycles. The van der Waals surface area contributed by atoms with E-state index in [0.29, 0.717) is 0 Å². The van der Waals surface area contributed by atoms with Gasteiger partial charge in [-0.25, -0.2) is 0 Å². The second-order valence-corrected chi connectivity index (χ2v) is 4.07. The largest absolute Gasteiger partial charge is 0.387 e. The van der Waals surface area contributed by atoms with Crippen molar-refractivity contribution in [2.45, 2.75) is 57.3 Å². The average molecular weight is 290 g/mol. The van der Waals surface area contributed by atoms with E-state index in [4.69, 9.17) is 0 Å². The Labute approximate surface area is 107 Å². The molecule has 0 amide bonds. The quantitative estimate of drug-likeness (QED) is 0.419. The molecule has 0 N–H and O–H groups in total. The van der Waals surface area contributed by atoms with Crippen LogP contribution in [0, 0.1) is 0 Å². The van der Waals surface area contributed by atoms with Gasteiger partial charge in [0.05, 0.1) is 0 Å². The molecule has 0 unspecified atom stereocenters. The highest BCUT2D eigenvalue weighted by atomic mass is 19.4. The molecule has 0 aromatic heterocycles. The number of halogens is 6. The van der Waals surface area contributed by atoms with Gasteiger partial charge in [0.25, 0.3) is 5.78 Å². The molecule has 0 heterocycles. The molecule has 0 radical (unpaired) electrons. The number of ketones is 1. The van der Waals surface area contributed by atoms with E-state index in [0.717, 1.165) is 0 Å². The molecule has 0 aliphatic heterocycles. The Morgan fingerprint density at radius 1 is 0.947 bits per heavy atom. The lowest BCUT2D eigenvalue weighted by Gasteiger charge is -2.40. The van der Waals surface area contributed by atoms with Gasteiger partial charge in [-0.1, -0.05) is 38.8 Å². The van der Waals surface area contributed by atoms with Crippen LogP contribution in [0.5, 0.6) is 0 Å². The summed E-state index contributed by atoms with van der Waals surface area (Å²) in [7, 11) is 0. The monoisotopic (exact) mass is 290 g/mol. The number of alkyl halides is 6. The van der Waals surface area contributed by atoms with Crippen LogP contribution in [0.15, 0.2) is 12.2 Å². The fourth-order valence-corrected chi connectivity index (χ4v) is 1.22. The fourth-order valence-electron chi connectivity index (χ4n) is 1.22. The zero-order valence-electron chi connectivity index (χ0n) is 10.7. The van der Waals surface area contributed by atoms with E-state index in [2.05, 4.69) is 26.0 Å². The molecule has 0 saturated heterocycles. The van der Waals surface area contributed by atoms with Crippen molar-refractivity contribution >= 4 is 5.78 Å². The molecule has 1 rings (SSSR count). The van der Waals surface area contributed by atoms with Gasteiger partial charge in [-0.3, -0.25) is 4.79 Å². The van der Waals surface area contributed by atoms with Crippen molar-refractivity contribution in [3.8, 4) is 0 Å². The Kier molecular flexibility index (Phi) is 6.09. The summed E-state index contributed by atoms with van der Waals surface area (Å²) in [5, 5.41) is 0. The van der Waals surface area contributed by atoms with Crippen LogP contribution in [0.25, 0.3) is 0 Å². The van der Waals surface area contributed by atoms with Crippen LogP contribution in [-0.4, -0.2) is 23.6 Å². The maximum Gasteiger partial charge on any atom is 0.387 e. The topological polar surface area (TPSA) is 17.1 Å². The third kappa shape index (κ3) is 3.30. The molecule has 19 heavy (non-hydrogen) atoms. The van der Waals surface area contributed by atoms with Crippen LogP contribution in [0.3, 0.4) is 0 Å². The normalized spacial score (nSPS) is 22.6. The summed E-state index contributed by atoms with van der Waals surface area (Å²) in [6.07, 6.45) is 9.61. The maximum atomic E-state index is 11.6. The highest BCUT2D eigenvalue weighted by molar-refractivity contribution is 6.01. The molecule has 7 heteroatoms. The number of carbonyl (C=O) groups is 1. The van der Waals surface area contributed by atoms with Crippen molar-refractivity contribution < 1.29 is 31.1 Å². The molecule has 0 spiro atoms. The van der Waals surface area contributed by atoms with Gasteiger partial charge in [0, 0.05) is 0 Å². The Balaban J connectivity index is 0.000000362. The number of unbranched alkanes of at least 4 members (excludes halogenated alkanes) is 2. The summed E-state index contributed by atoms with van der Waals surface area (Å²) < 4.78 is 69.7. The van der Waals surface area contributed by atoms with E-state index in [1.807, 2.05) is 0 Å². The number of carbonyl (C=O) groups excluding carboxylic acids is 1. The van der Waals surface area contributed by atoms with Gasteiger partial charge >= 0.3 is 17.8 Å². The van der Waals surface area contributed by atoms with E-state index >= 15 is 0 Å². The standard InChI is InChI=1S/C8H16.C4F6O/c1-3-5-7-8-6-4-2;5-2(6)1(11)3(7,8)4(2,9)10/h5,7H,3-4,6,8H2,1-2H3;. The minimum absolute atomic E-state index is 1.18. The minimum Gasteiger partial charge on any atom is -0.286 e. The fraction of sp³-hybridized carbons (Fsp3) is 0.750. The molecule has 0 aromatic carbocycles. The predicted molar refractivity (Wildman–Crippen MR) is 58.8 cm³/mol. The number of rotatable bonds is 4. The first kappa shape index (κ1) is 18.0. The van der Waals surface area contributed by atoms with E-state index in [1.54, 1.807) is 0 Å². The molecular formula is C12H16F6O. The number of Topliss-reactive ketones (excluding diaryl/α,β-unsaturated/α-hetero) is 1. The van der Waals surface area contributed by atoms with Crippen LogP contribution in [0.1, 0.15) is 39.5 Å². The zero-order valence-corrected chi connectivity index (χ0v) is 10.7. The van der Waals surface area contributed by atoms with Crippen LogP contribution in [-0.2, 0) is 4.79 Å². The number of allylic oxidation sites excluding steroid dienone is 2. The van der Waals surface area contributed by atoms with Crippen molar-refractivity contribution in [3.05, 3.63) is 12.2 Å². The summed E-state index contributed by atoms with van der Waals surface area (Å²) in [4.78, 5) is 9.64. The van der Waals surface area contributed by atoms with Crippen LogP contribution in [0.4, 0.5) is 26.3 Å². The number of hydrogen-bond acceptors (Lipinski definition) is 1. The first-order valence-corrected chi connectivity index (χ1v) is 5.90. The lowest BCUT2D eigenvalue weighted by atomic mass is 9.83. The highest BCUT2D eigenvalue weighted by Crippen LogP contribution is 2.57. The van der Waals surface area contributed by atoms with Crippen LogP contribution >= 0.6 is 0 Å². The van der Waals surface area contributed by atoms with Gasteiger partial charge in [0.15, 0.2) is 0 Å². The molecule has 112 valence electrons. The molecular weight excluding hydrogens is 274 g/mol. The first-order valence-electron chi connectivity index (χ1n) is 5.90. The van der Waals surface area contributed by atoms with E-state index < -0.39 is 23.6 Å². The van der Waals surface area contributed by atoms with Gasteiger partial charge in [-0.15, -0.1) is 0 Å². The van der Waals surface area contributed by atoms with Crippen molar-refractivity contribution in [1.82, 2.24) is 0 Å². The number of hydrogen-bond donors (Lipinski definition) is 0. The molecule has 1 nitrogen and oxygen atoms in total. The Morgan fingerprint density at radius 3 is 1.68 bits per heavy atom. The highest BCUT2D eigenvalue weighted by Gasteiger charge is 2.91. The van der Waals surface area contributed by atoms with Crippen LogP contribution in [0.2, 0.25) is 0 Å². The van der Waals surface area contributed by atoms with E-state index in [1.165, 1.54) is 25.7 Å².